The van der Waals surface area contributed by atoms with Crippen molar-refractivity contribution in [3.63, 3.8) is 0 Å². The molecule has 0 bridgehead atoms. The molecule has 21 heavy (non-hydrogen) atoms. The maximum absolute atomic E-state index is 5.00. The largest absolute Gasteiger partial charge is 0.383 e. The highest BCUT2D eigenvalue weighted by molar-refractivity contribution is 5.44. The van der Waals surface area contributed by atoms with Crippen molar-refractivity contribution < 1.29 is 4.74 Å². The van der Waals surface area contributed by atoms with Crippen LogP contribution in [0, 0.1) is 0 Å². The maximum Gasteiger partial charge on any atom is 0.0969 e. The molecule has 0 radical (unpaired) electrons. The van der Waals surface area contributed by atoms with E-state index in [0.29, 0.717) is 13.2 Å². The maximum atomic E-state index is 5.00. The fraction of sp³-hybridized carbons (Fsp3) is 0.500. The van der Waals surface area contributed by atoms with Crippen LogP contribution in [0.1, 0.15) is 32.0 Å². The summed E-state index contributed by atoms with van der Waals surface area (Å²) in [7, 11) is 1.70. The van der Waals surface area contributed by atoms with E-state index in [1.807, 2.05) is 16.9 Å². The molecule has 2 rings (SSSR count). The van der Waals surface area contributed by atoms with Gasteiger partial charge in [-0.25, -0.2) is 4.68 Å². The molecule has 0 saturated heterocycles. The zero-order valence-electron chi connectivity index (χ0n) is 13.3. The van der Waals surface area contributed by atoms with Crippen LogP contribution in [0.5, 0.6) is 0 Å². The molecule has 0 fully saturated rings. The number of nitrogens with one attached hydrogen (secondary N) is 1. The van der Waals surface area contributed by atoms with Gasteiger partial charge in [-0.2, -0.15) is 0 Å². The van der Waals surface area contributed by atoms with Crippen LogP contribution in [-0.2, 0) is 16.7 Å². The van der Waals surface area contributed by atoms with Gasteiger partial charge in [-0.05, 0) is 17.0 Å². The van der Waals surface area contributed by atoms with Crippen LogP contribution in [-0.4, -0.2) is 35.3 Å². The Hall–Kier alpha value is -1.72. The molecule has 0 atom stereocenters. The molecule has 114 valence electrons. The van der Waals surface area contributed by atoms with Gasteiger partial charge >= 0.3 is 0 Å². The van der Waals surface area contributed by atoms with E-state index in [4.69, 9.17) is 4.74 Å². The molecule has 1 heterocycles. The van der Waals surface area contributed by atoms with Crippen LogP contribution in [0.2, 0.25) is 0 Å². The van der Waals surface area contributed by atoms with Crippen LogP contribution in [0.25, 0.3) is 5.69 Å². The lowest BCUT2D eigenvalue weighted by atomic mass is 9.86. The number of hydrogen-bond donors (Lipinski definition) is 1. The van der Waals surface area contributed by atoms with Crippen molar-refractivity contribution in [1.29, 1.82) is 0 Å². The summed E-state index contributed by atoms with van der Waals surface area (Å²) in [5, 5.41) is 11.7. The summed E-state index contributed by atoms with van der Waals surface area (Å²) in [5.41, 5.74) is 3.34. The second-order valence-corrected chi connectivity index (χ2v) is 6.09. The highest BCUT2D eigenvalue weighted by Gasteiger charge is 2.19. The van der Waals surface area contributed by atoms with Gasteiger partial charge in [-0.15, -0.1) is 5.10 Å². The smallest absolute Gasteiger partial charge is 0.0969 e. The first kappa shape index (κ1) is 15.7. The molecule has 0 unspecified atom stereocenters. The fourth-order valence-electron chi connectivity index (χ4n) is 2.20. The molecule has 1 aromatic carbocycles. The third kappa shape index (κ3) is 4.12. The highest BCUT2D eigenvalue weighted by Crippen LogP contribution is 2.27. The molecule has 0 aliphatic heterocycles. The predicted molar refractivity (Wildman–Crippen MR) is 83.6 cm³/mol. The van der Waals surface area contributed by atoms with E-state index in [1.54, 1.807) is 7.11 Å². The van der Waals surface area contributed by atoms with Crippen molar-refractivity contribution >= 4 is 0 Å². The van der Waals surface area contributed by atoms with Crippen molar-refractivity contribution in [1.82, 2.24) is 20.3 Å². The molecule has 0 amide bonds. The summed E-state index contributed by atoms with van der Waals surface area (Å²) in [6.45, 7) is 8.81. The molecule has 5 nitrogen and oxygen atoms in total. The second kappa shape index (κ2) is 6.83. The molecule has 1 N–H and O–H groups in total. The van der Waals surface area contributed by atoms with Gasteiger partial charge in [0, 0.05) is 20.2 Å². The second-order valence-electron chi connectivity index (χ2n) is 6.09. The lowest BCUT2D eigenvalue weighted by molar-refractivity contribution is 0.199. The van der Waals surface area contributed by atoms with Crippen LogP contribution < -0.4 is 5.32 Å². The number of nitrogens with zero attached hydrogens (tertiary/aromatic N) is 3. The minimum atomic E-state index is 0.0689. The Labute approximate surface area is 126 Å². The molecule has 1 aromatic heterocycles. The Morgan fingerprint density at radius 1 is 1.24 bits per heavy atom. The first-order valence-electron chi connectivity index (χ1n) is 7.23. The number of aromatic nitrogens is 3. The summed E-state index contributed by atoms with van der Waals surface area (Å²) in [6, 6.07) is 8.32. The SMILES string of the molecule is COCCNCc1cn(-c2ccccc2C(C)(C)C)nn1. The third-order valence-corrected chi connectivity index (χ3v) is 3.29. The number of ether oxygens (including phenoxy) is 1. The van der Waals surface area contributed by atoms with Gasteiger partial charge in [0.25, 0.3) is 0 Å². The van der Waals surface area contributed by atoms with Crippen LogP contribution >= 0.6 is 0 Å². The van der Waals surface area contributed by atoms with E-state index in [1.165, 1.54) is 5.56 Å². The van der Waals surface area contributed by atoms with Crippen LogP contribution in [0.15, 0.2) is 30.5 Å². The van der Waals surface area contributed by atoms with Crippen molar-refractivity contribution in [3.05, 3.63) is 41.7 Å². The molecule has 0 aliphatic carbocycles. The van der Waals surface area contributed by atoms with Crippen molar-refractivity contribution in [2.45, 2.75) is 32.7 Å². The molecule has 2 aromatic rings. The summed E-state index contributed by atoms with van der Waals surface area (Å²) < 4.78 is 6.86. The monoisotopic (exact) mass is 288 g/mol. The first-order chi connectivity index (χ1) is 10.0. The molecule has 0 aliphatic rings. The quantitative estimate of drug-likeness (QED) is 0.829. The van der Waals surface area contributed by atoms with E-state index in [9.17, 15) is 0 Å². The van der Waals surface area contributed by atoms with Gasteiger partial charge in [0.2, 0.25) is 0 Å². The Balaban J connectivity index is 2.15. The lowest BCUT2D eigenvalue weighted by Gasteiger charge is -2.22. The zero-order valence-corrected chi connectivity index (χ0v) is 13.3. The summed E-state index contributed by atoms with van der Waals surface area (Å²) in [4.78, 5) is 0. The first-order valence-corrected chi connectivity index (χ1v) is 7.23. The highest BCUT2D eigenvalue weighted by atomic mass is 16.5. The van der Waals surface area contributed by atoms with E-state index < -0.39 is 0 Å². The number of benzene rings is 1. The average molecular weight is 288 g/mol. The number of hydrogen-bond acceptors (Lipinski definition) is 4. The molecule has 0 saturated carbocycles. The molecular weight excluding hydrogens is 264 g/mol. The van der Waals surface area contributed by atoms with E-state index in [0.717, 1.165) is 17.9 Å². The third-order valence-electron chi connectivity index (χ3n) is 3.29. The number of para-hydroxylation sites is 1. The standard InChI is InChI=1S/C16H24N4O/c1-16(2,3)14-7-5-6-8-15(14)20-12-13(18-19-20)11-17-9-10-21-4/h5-8,12,17H,9-11H2,1-4H3. The van der Waals surface area contributed by atoms with Crippen molar-refractivity contribution in [2.75, 3.05) is 20.3 Å². The van der Waals surface area contributed by atoms with Gasteiger partial charge < -0.3 is 10.1 Å². The minimum Gasteiger partial charge on any atom is -0.383 e. The lowest BCUT2D eigenvalue weighted by Crippen LogP contribution is -2.18. The number of rotatable bonds is 6. The fourth-order valence-corrected chi connectivity index (χ4v) is 2.20. The zero-order chi connectivity index (χ0) is 15.3. The van der Waals surface area contributed by atoms with Crippen molar-refractivity contribution in [3.8, 4) is 5.69 Å². The summed E-state index contributed by atoms with van der Waals surface area (Å²) >= 11 is 0. The van der Waals surface area contributed by atoms with Gasteiger partial charge in [-0.1, -0.05) is 44.2 Å². The van der Waals surface area contributed by atoms with Gasteiger partial charge in [0.1, 0.15) is 0 Å². The Morgan fingerprint density at radius 2 is 2.00 bits per heavy atom. The van der Waals surface area contributed by atoms with E-state index >= 15 is 0 Å². The number of methoxy groups -OCH3 is 1. The van der Waals surface area contributed by atoms with E-state index in [-0.39, 0.29) is 5.41 Å². The Bertz CT molecular complexity index is 572. The van der Waals surface area contributed by atoms with E-state index in [2.05, 4.69) is 54.6 Å². The van der Waals surface area contributed by atoms with Gasteiger partial charge in [0.05, 0.1) is 24.2 Å². The van der Waals surface area contributed by atoms with Gasteiger partial charge in [0.15, 0.2) is 0 Å². The summed E-state index contributed by atoms with van der Waals surface area (Å²) in [5.74, 6) is 0. The Kier molecular flexibility index (Phi) is 5.09. The molecule has 0 spiro atoms. The molecule has 5 heteroatoms. The summed E-state index contributed by atoms with van der Waals surface area (Å²) in [6.07, 6.45) is 1.98. The Morgan fingerprint density at radius 3 is 2.71 bits per heavy atom. The minimum absolute atomic E-state index is 0.0689. The average Bonchev–Trinajstić information content (AvgIpc) is 2.91. The normalized spacial score (nSPS) is 11.8. The predicted octanol–water partition coefficient (Wildman–Crippen LogP) is 2.30. The topological polar surface area (TPSA) is 52.0 Å². The van der Waals surface area contributed by atoms with Crippen LogP contribution in [0.4, 0.5) is 0 Å². The van der Waals surface area contributed by atoms with Gasteiger partial charge in [-0.3, -0.25) is 0 Å². The van der Waals surface area contributed by atoms with Crippen molar-refractivity contribution in [2.24, 2.45) is 0 Å². The van der Waals surface area contributed by atoms with Crippen LogP contribution in [0.3, 0.4) is 0 Å². The molecular formula is C16H24N4O.